The molecule has 3 N–H and O–H groups in total. The molecule has 0 aliphatic rings. The normalized spacial score (nSPS) is 10.7. The Labute approximate surface area is 194 Å². The summed E-state index contributed by atoms with van der Waals surface area (Å²) in [7, 11) is 0. The minimum absolute atomic E-state index is 0.0210. The van der Waals surface area contributed by atoms with Gasteiger partial charge in [-0.3, -0.25) is 0 Å². The zero-order valence-corrected chi connectivity index (χ0v) is 18.8. The van der Waals surface area contributed by atoms with E-state index in [2.05, 4.69) is 30.4 Å². The zero-order valence-electron chi connectivity index (χ0n) is 18.0. The third kappa shape index (κ3) is 5.83. The summed E-state index contributed by atoms with van der Waals surface area (Å²) in [5, 5.41) is 7.59. The quantitative estimate of drug-likeness (QED) is 0.290. The van der Waals surface area contributed by atoms with E-state index >= 15 is 0 Å². The van der Waals surface area contributed by atoms with Crippen molar-refractivity contribution in [3.63, 3.8) is 0 Å². The molecule has 0 radical (unpaired) electrons. The number of rotatable bonds is 8. The number of ether oxygens (including phenoxy) is 1. The molecule has 0 fully saturated rings. The molecule has 3 aromatic heterocycles. The number of aryl methyl sites for hydroxylation is 2. The van der Waals surface area contributed by atoms with Crippen molar-refractivity contribution in [2.45, 2.75) is 31.2 Å². The van der Waals surface area contributed by atoms with E-state index in [1.807, 2.05) is 44.2 Å². The van der Waals surface area contributed by atoms with Crippen LogP contribution in [0.4, 0.5) is 17.6 Å². The van der Waals surface area contributed by atoms with Gasteiger partial charge in [0.25, 0.3) is 0 Å². The number of pyridine rings is 1. The van der Waals surface area contributed by atoms with E-state index in [-0.39, 0.29) is 24.3 Å². The van der Waals surface area contributed by atoms with Gasteiger partial charge in [-0.25, -0.2) is 9.78 Å². The van der Waals surface area contributed by atoms with Crippen LogP contribution in [-0.2, 0) is 17.1 Å². The lowest BCUT2D eigenvalue weighted by Gasteiger charge is -2.10. The lowest BCUT2D eigenvalue weighted by Crippen LogP contribution is -2.12. The number of nitrogens with two attached hydrogens (primary N) is 1. The van der Waals surface area contributed by atoms with Crippen LogP contribution in [0, 0.1) is 13.8 Å². The van der Waals surface area contributed by atoms with Gasteiger partial charge in [-0.15, -0.1) is 0 Å². The molecule has 11 heteroatoms. The summed E-state index contributed by atoms with van der Waals surface area (Å²) in [5.41, 5.74) is 8.78. The molecule has 4 aromatic rings. The molecule has 0 saturated carbocycles. The highest BCUT2D eigenvalue weighted by atomic mass is 32.2. The average molecular weight is 464 g/mol. The number of thioether (sulfide) groups is 1. The number of aromatic nitrogens is 5. The minimum atomic E-state index is -0.547. The van der Waals surface area contributed by atoms with Gasteiger partial charge in [0.2, 0.25) is 11.9 Å². The van der Waals surface area contributed by atoms with Crippen LogP contribution in [-0.4, -0.2) is 31.1 Å². The van der Waals surface area contributed by atoms with E-state index in [1.165, 1.54) is 11.8 Å². The molecular weight excluding hydrogens is 442 g/mol. The number of hydrogen-bond acceptors (Lipinski definition) is 11. The Bertz CT molecular complexity index is 1280. The van der Waals surface area contributed by atoms with Crippen molar-refractivity contribution in [2.24, 2.45) is 0 Å². The van der Waals surface area contributed by atoms with Crippen LogP contribution in [0.3, 0.4) is 0 Å². The van der Waals surface area contributed by atoms with E-state index in [0.29, 0.717) is 16.3 Å². The second-order valence-corrected chi connectivity index (χ2v) is 7.99. The summed E-state index contributed by atoms with van der Waals surface area (Å²) in [6, 6.07) is 12.9. The highest BCUT2D eigenvalue weighted by molar-refractivity contribution is 7.98. The predicted octanol–water partition coefficient (Wildman–Crippen LogP) is 3.85. The third-order valence-electron chi connectivity index (χ3n) is 4.45. The number of para-hydroxylation sites is 1. The molecule has 0 bridgehead atoms. The van der Waals surface area contributed by atoms with Crippen LogP contribution in [0.1, 0.15) is 33.2 Å². The van der Waals surface area contributed by atoms with Crippen LogP contribution < -0.4 is 11.1 Å². The number of esters is 1. The highest BCUT2D eigenvalue weighted by Gasteiger charge is 2.16. The number of carbonyl (C=O) groups excluding carboxylic acids is 1. The standard InChI is InChI=1S/C22H21N7O3S/c1-13-6-3-4-8-17(13)25-22-27-18(26-21(23)28-22)11-31-20(30)16-7-5-9-24-19(16)33-12-15-10-14(2)32-29-15/h3-10H,11-12H2,1-2H3,(H3,23,25,26,27,28). The van der Waals surface area contributed by atoms with Crippen molar-refractivity contribution in [3.05, 3.63) is 77.1 Å². The van der Waals surface area contributed by atoms with Crippen LogP contribution in [0.5, 0.6) is 0 Å². The van der Waals surface area contributed by atoms with Crippen molar-refractivity contribution in [2.75, 3.05) is 11.1 Å². The van der Waals surface area contributed by atoms with Crippen LogP contribution >= 0.6 is 11.8 Å². The van der Waals surface area contributed by atoms with E-state index in [1.54, 1.807) is 18.3 Å². The van der Waals surface area contributed by atoms with E-state index < -0.39 is 5.97 Å². The van der Waals surface area contributed by atoms with Crippen molar-refractivity contribution < 1.29 is 14.1 Å². The molecule has 0 spiro atoms. The van der Waals surface area contributed by atoms with Gasteiger partial charge in [0.15, 0.2) is 12.4 Å². The first-order valence-corrected chi connectivity index (χ1v) is 11.0. The molecule has 10 nitrogen and oxygen atoms in total. The van der Waals surface area contributed by atoms with Gasteiger partial charge >= 0.3 is 5.97 Å². The number of carbonyl (C=O) groups is 1. The van der Waals surface area contributed by atoms with Gasteiger partial charge in [-0.05, 0) is 37.6 Å². The fourth-order valence-corrected chi connectivity index (χ4v) is 3.75. The topological polar surface area (TPSA) is 142 Å². The lowest BCUT2D eigenvalue weighted by atomic mass is 10.2. The molecule has 0 saturated heterocycles. The number of nitrogens with zero attached hydrogens (tertiary/aromatic N) is 5. The van der Waals surface area contributed by atoms with Crippen molar-refractivity contribution in [1.29, 1.82) is 0 Å². The molecule has 0 amide bonds. The molecule has 1 aromatic carbocycles. The van der Waals surface area contributed by atoms with Gasteiger partial charge < -0.3 is 20.3 Å². The molecule has 0 unspecified atom stereocenters. The van der Waals surface area contributed by atoms with Gasteiger partial charge in [0.05, 0.1) is 11.3 Å². The second-order valence-electron chi connectivity index (χ2n) is 7.02. The van der Waals surface area contributed by atoms with E-state index in [9.17, 15) is 4.79 Å². The molecule has 0 atom stereocenters. The van der Waals surface area contributed by atoms with E-state index in [0.717, 1.165) is 22.7 Å². The zero-order chi connectivity index (χ0) is 23.2. The highest BCUT2D eigenvalue weighted by Crippen LogP contribution is 2.25. The monoisotopic (exact) mass is 463 g/mol. The second kappa shape index (κ2) is 10.1. The molecule has 0 aliphatic heterocycles. The fraction of sp³-hybridized carbons (Fsp3) is 0.182. The van der Waals surface area contributed by atoms with Crippen LogP contribution in [0.15, 0.2) is 58.2 Å². The summed E-state index contributed by atoms with van der Waals surface area (Å²) in [6.07, 6.45) is 1.61. The Morgan fingerprint density at radius 2 is 2.00 bits per heavy atom. The maximum absolute atomic E-state index is 12.7. The maximum Gasteiger partial charge on any atom is 0.341 e. The van der Waals surface area contributed by atoms with Crippen LogP contribution in [0.2, 0.25) is 0 Å². The Balaban J connectivity index is 1.43. The summed E-state index contributed by atoms with van der Waals surface area (Å²) in [6.45, 7) is 3.61. The minimum Gasteiger partial charge on any atom is -0.454 e. The van der Waals surface area contributed by atoms with Crippen molar-refractivity contribution in [1.82, 2.24) is 25.1 Å². The van der Waals surface area contributed by atoms with Crippen molar-refractivity contribution in [3.8, 4) is 0 Å². The Hall–Kier alpha value is -3.99. The third-order valence-corrected chi connectivity index (χ3v) is 5.49. The molecule has 33 heavy (non-hydrogen) atoms. The first-order valence-electron chi connectivity index (χ1n) is 9.98. The number of benzene rings is 1. The first kappa shape index (κ1) is 22.2. The lowest BCUT2D eigenvalue weighted by molar-refractivity contribution is 0.0457. The largest absolute Gasteiger partial charge is 0.454 e. The number of nitrogens with one attached hydrogen (secondary N) is 1. The molecular formula is C22H21N7O3S. The van der Waals surface area contributed by atoms with Gasteiger partial charge in [-0.1, -0.05) is 35.1 Å². The fourth-order valence-electron chi connectivity index (χ4n) is 2.89. The summed E-state index contributed by atoms with van der Waals surface area (Å²) >= 11 is 1.37. The number of anilines is 3. The number of nitrogen functional groups attached to an aromatic ring is 1. The SMILES string of the molecule is Cc1cc(CSc2ncccc2C(=O)OCc2nc(N)nc(Nc3ccccc3C)n2)no1. The molecule has 0 aliphatic carbocycles. The average Bonchev–Trinajstić information content (AvgIpc) is 3.22. The molecule has 4 rings (SSSR count). The summed E-state index contributed by atoms with van der Waals surface area (Å²) in [5.74, 6) is 1.19. The van der Waals surface area contributed by atoms with Crippen LogP contribution in [0.25, 0.3) is 0 Å². The van der Waals surface area contributed by atoms with E-state index in [4.69, 9.17) is 15.0 Å². The smallest absolute Gasteiger partial charge is 0.341 e. The number of hydrogen-bond donors (Lipinski definition) is 2. The summed E-state index contributed by atoms with van der Waals surface area (Å²) < 4.78 is 10.5. The molecule has 168 valence electrons. The predicted molar refractivity (Wildman–Crippen MR) is 123 cm³/mol. The van der Waals surface area contributed by atoms with Crippen molar-refractivity contribution >= 4 is 35.3 Å². The Morgan fingerprint density at radius 3 is 2.79 bits per heavy atom. The Morgan fingerprint density at radius 1 is 1.15 bits per heavy atom. The van der Waals surface area contributed by atoms with Gasteiger partial charge in [0.1, 0.15) is 10.8 Å². The Kier molecular flexibility index (Phi) is 6.79. The molecule has 3 heterocycles. The maximum atomic E-state index is 12.7. The summed E-state index contributed by atoms with van der Waals surface area (Å²) in [4.78, 5) is 29.5. The van der Waals surface area contributed by atoms with Gasteiger partial charge in [0, 0.05) is 23.7 Å². The first-order chi connectivity index (χ1) is 16.0. The van der Waals surface area contributed by atoms with Gasteiger partial charge in [-0.2, -0.15) is 15.0 Å².